The molecule has 1 aromatic rings. The largest absolute Gasteiger partial charge is 0.369 e. The van der Waals surface area contributed by atoms with Crippen LogP contribution in [0.5, 0.6) is 0 Å². The van der Waals surface area contributed by atoms with Gasteiger partial charge in [0, 0.05) is 50.6 Å². The lowest BCUT2D eigenvalue weighted by Crippen LogP contribution is -2.44. The fourth-order valence-corrected chi connectivity index (χ4v) is 3.93. The first-order valence-electron chi connectivity index (χ1n) is 9.78. The maximum Gasteiger partial charge on any atom is 0.319 e. The number of rotatable bonds is 4. The van der Waals surface area contributed by atoms with Crippen LogP contribution < -0.4 is 15.5 Å². The van der Waals surface area contributed by atoms with Crippen LogP contribution in [0.1, 0.15) is 18.4 Å². The Kier molecular flexibility index (Phi) is 6.38. The normalized spacial score (nSPS) is 22.3. The van der Waals surface area contributed by atoms with E-state index in [2.05, 4.69) is 58.5 Å². The number of anilines is 2. The summed E-state index contributed by atoms with van der Waals surface area (Å²) in [7, 11) is 4.31. The van der Waals surface area contributed by atoms with Crippen LogP contribution in [0.3, 0.4) is 0 Å². The number of urea groups is 1. The number of hydrogen-bond acceptors (Lipinski definition) is 4. The zero-order valence-electron chi connectivity index (χ0n) is 16.4. The summed E-state index contributed by atoms with van der Waals surface area (Å²) in [5.74, 6) is 0.554. The Balaban J connectivity index is 1.54. The van der Waals surface area contributed by atoms with Gasteiger partial charge in [-0.25, -0.2) is 4.79 Å². The highest BCUT2D eigenvalue weighted by Crippen LogP contribution is 2.23. The first-order chi connectivity index (χ1) is 12.5. The van der Waals surface area contributed by atoms with Crippen LogP contribution in [-0.2, 0) is 0 Å². The van der Waals surface area contributed by atoms with Crippen molar-refractivity contribution in [1.82, 2.24) is 15.1 Å². The van der Waals surface area contributed by atoms with Crippen molar-refractivity contribution in [3.8, 4) is 0 Å². The topological polar surface area (TPSA) is 50.9 Å². The van der Waals surface area contributed by atoms with Crippen LogP contribution in [0.2, 0.25) is 0 Å². The van der Waals surface area contributed by atoms with Gasteiger partial charge in [0.25, 0.3) is 0 Å². The second-order valence-corrected chi connectivity index (χ2v) is 7.95. The fourth-order valence-electron chi connectivity index (χ4n) is 3.93. The van der Waals surface area contributed by atoms with Gasteiger partial charge in [-0.1, -0.05) is 0 Å². The Hall–Kier alpha value is -1.79. The molecule has 1 aromatic carbocycles. The van der Waals surface area contributed by atoms with Gasteiger partial charge < -0.3 is 25.3 Å². The standard InChI is InChI=1S/C20H33N5O/c1-16-11-18(13-19(12-16)25-9-7-23(2)8-10-25)22-20(26)21-14-17-5-4-6-24(3)15-17/h11-13,17H,4-10,14-15H2,1-3H3,(H2,21,22,26)/t17-/m1/s1. The number of nitrogens with one attached hydrogen (secondary N) is 2. The molecule has 0 spiro atoms. The average Bonchev–Trinajstić information content (AvgIpc) is 2.60. The average molecular weight is 360 g/mol. The van der Waals surface area contributed by atoms with Crippen molar-refractivity contribution in [2.45, 2.75) is 19.8 Å². The minimum absolute atomic E-state index is 0.104. The van der Waals surface area contributed by atoms with Crippen molar-refractivity contribution < 1.29 is 4.79 Å². The summed E-state index contributed by atoms with van der Waals surface area (Å²) in [5.41, 5.74) is 3.24. The molecule has 0 aromatic heterocycles. The SMILES string of the molecule is Cc1cc(NC(=O)NC[C@H]2CCCN(C)C2)cc(N2CCN(C)CC2)c1. The number of benzene rings is 1. The van der Waals surface area contributed by atoms with Gasteiger partial charge >= 0.3 is 6.03 Å². The second kappa shape index (κ2) is 8.73. The van der Waals surface area contributed by atoms with Crippen LogP contribution >= 0.6 is 0 Å². The molecule has 0 radical (unpaired) electrons. The van der Waals surface area contributed by atoms with Crippen LogP contribution in [-0.4, -0.2) is 75.7 Å². The van der Waals surface area contributed by atoms with Crippen molar-refractivity contribution in [2.75, 3.05) is 70.1 Å². The molecule has 2 N–H and O–H groups in total. The zero-order chi connectivity index (χ0) is 18.5. The molecular formula is C20H33N5O. The van der Waals surface area contributed by atoms with Crippen molar-refractivity contribution >= 4 is 17.4 Å². The Bertz CT molecular complexity index is 612. The van der Waals surface area contributed by atoms with Gasteiger partial charge in [-0.2, -0.15) is 0 Å². The molecule has 1 atom stereocenters. The number of nitrogens with zero attached hydrogens (tertiary/aromatic N) is 3. The number of likely N-dealkylation sites (N-methyl/N-ethyl adjacent to an activating group) is 1. The number of piperazine rings is 1. The molecular weight excluding hydrogens is 326 g/mol. The Morgan fingerprint density at radius 2 is 1.85 bits per heavy atom. The monoisotopic (exact) mass is 359 g/mol. The first kappa shape index (κ1) is 19.0. The number of hydrogen-bond donors (Lipinski definition) is 2. The number of carbonyl (C=O) groups is 1. The maximum atomic E-state index is 12.3. The summed E-state index contributed by atoms with van der Waals surface area (Å²) in [6.07, 6.45) is 2.42. The third kappa shape index (κ3) is 5.35. The fraction of sp³-hybridized carbons (Fsp3) is 0.650. The molecule has 0 bridgehead atoms. The predicted octanol–water partition coefficient (Wildman–Crippen LogP) is 2.21. The molecule has 144 valence electrons. The number of carbonyl (C=O) groups excluding carboxylic acids is 1. The van der Waals surface area contributed by atoms with E-state index in [9.17, 15) is 4.79 Å². The molecule has 26 heavy (non-hydrogen) atoms. The zero-order valence-corrected chi connectivity index (χ0v) is 16.4. The van der Waals surface area contributed by atoms with Crippen LogP contribution in [0.15, 0.2) is 18.2 Å². The van der Waals surface area contributed by atoms with E-state index in [1.165, 1.54) is 30.6 Å². The Morgan fingerprint density at radius 3 is 2.58 bits per heavy atom. The molecule has 0 unspecified atom stereocenters. The molecule has 0 aliphatic carbocycles. The van der Waals surface area contributed by atoms with E-state index in [1.807, 2.05) is 6.07 Å². The number of aryl methyl sites for hydroxylation is 1. The van der Waals surface area contributed by atoms with Gasteiger partial charge in [-0.3, -0.25) is 0 Å². The van der Waals surface area contributed by atoms with Gasteiger partial charge in [0.15, 0.2) is 0 Å². The molecule has 2 saturated heterocycles. The highest BCUT2D eigenvalue weighted by atomic mass is 16.2. The highest BCUT2D eigenvalue weighted by Gasteiger charge is 2.18. The summed E-state index contributed by atoms with van der Waals surface area (Å²) in [4.78, 5) is 19.4. The van der Waals surface area contributed by atoms with E-state index in [1.54, 1.807) is 0 Å². The summed E-state index contributed by atoms with van der Waals surface area (Å²) in [5, 5.41) is 6.07. The third-order valence-corrected chi connectivity index (χ3v) is 5.46. The molecule has 2 heterocycles. The van der Waals surface area contributed by atoms with E-state index in [0.717, 1.165) is 45.0 Å². The summed E-state index contributed by atoms with van der Waals surface area (Å²) in [6.45, 7) is 9.27. The summed E-state index contributed by atoms with van der Waals surface area (Å²) >= 11 is 0. The molecule has 2 amide bonds. The van der Waals surface area contributed by atoms with Crippen molar-refractivity contribution in [2.24, 2.45) is 5.92 Å². The summed E-state index contributed by atoms with van der Waals surface area (Å²) in [6, 6.07) is 6.22. The van der Waals surface area contributed by atoms with Crippen molar-refractivity contribution in [3.63, 3.8) is 0 Å². The van der Waals surface area contributed by atoms with Gasteiger partial charge in [0.1, 0.15) is 0 Å². The third-order valence-electron chi connectivity index (χ3n) is 5.46. The Morgan fingerprint density at radius 1 is 1.08 bits per heavy atom. The minimum Gasteiger partial charge on any atom is -0.369 e. The molecule has 6 heteroatoms. The molecule has 2 aliphatic rings. The Labute approximate surface area is 157 Å². The number of amides is 2. The molecule has 2 aliphatic heterocycles. The lowest BCUT2D eigenvalue weighted by Gasteiger charge is -2.34. The summed E-state index contributed by atoms with van der Waals surface area (Å²) < 4.78 is 0. The van der Waals surface area contributed by atoms with E-state index < -0.39 is 0 Å². The van der Waals surface area contributed by atoms with Gasteiger partial charge in [0.2, 0.25) is 0 Å². The quantitative estimate of drug-likeness (QED) is 0.865. The smallest absolute Gasteiger partial charge is 0.319 e. The van der Waals surface area contributed by atoms with Gasteiger partial charge in [0.05, 0.1) is 0 Å². The number of piperidine rings is 1. The van der Waals surface area contributed by atoms with Gasteiger partial charge in [-0.05, 0) is 70.1 Å². The second-order valence-electron chi connectivity index (χ2n) is 7.95. The molecule has 3 rings (SSSR count). The van der Waals surface area contributed by atoms with Crippen LogP contribution in [0.4, 0.5) is 16.2 Å². The first-order valence-corrected chi connectivity index (χ1v) is 9.78. The lowest BCUT2D eigenvalue weighted by molar-refractivity contribution is 0.204. The maximum absolute atomic E-state index is 12.3. The van der Waals surface area contributed by atoms with Crippen LogP contribution in [0.25, 0.3) is 0 Å². The molecule has 0 saturated carbocycles. The minimum atomic E-state index is -0.104. The van der Waals surface area contributed by atoms with Crippen molar-refractivity contribution in [3.05, 3.63) is 23.8 Å². The molecule has 6 nitrogen and oxygen atoms in total. The highest BCUT2D eigenvalue weighted by molar-refractivity contribution is 5.90. The van der Waals surface area contributed by atoms with E-state index in [0.29, 0.717) is 5.92 Å². The lowest BCUT2D eigenvalue weighted by atomic mass is 9.99. The van der Waals surface area contributed by atoms with E-state index in [4.69, 9.17) is 0 Å². The van der Waals surface area contributed by atoms with E-state index in [-0.39, 0.29) is 6.03 Å². The molecule has 2 fully saturated rings. The predicted molar refractivity (Wildman–Crippen MR) is 108 cm³/mol. The van der Waals surface area contributed by atoms with Crippen LogP contribution in [0, 0.1) is 12.8 Å². The van der Waals surface area contributed by atoms with Crippen molar-refractivity contribution in [1.29, 1.82) is 0 Å². The van der Waals surface area contributed by atoms with E-state index >= 15 is 0 Å². The number of likely N-dealkylation sites (tertiary alicyclic amines) is 1. The van der Waals surface area contributed by atoms with Gasteiger partial charge in [-0.15, -0.1) is 0 Å².